The normalized spacial score (nSPS) is 19.3. The van der Waals surface area contributed by atoms with Crippen molar-refractivity contribution in [2.75, 3.05) is 11.9 Å². The zero-order valence-corrected chi connectivity index (χ0v) is 22.8. The summed E-state index contributed by atoms with van der Waals surface area (Å²) in [6.07, 6.45) is 4.62. The molecule has 0 spiro atoms. The summed E-state index contributed by atoms with van der Waals surface area (Å²) in [4.78, 5) is 4.54. The highest BCUT2D eigenvalue weighted by Crippen LogP contribution is 2.43. The molecule has 4 nitrogen and oxygen atoms in total. The van der Waals surface area contributed by atoms with Crippen LogP contribution in [0, 0.1) is 5.92 Å². The van der Waals surface area contributed by atoms with Gasteiger partial charge in [-0.15, -0.1) is 0 Å². The molecule has 8 heteroatoms. The topological polar surface area (TPSA) is 63.0 Å². The SMILES string of the molecule is C=C(/C=C1\NCCCC1Nc1ncccc1C1CC1)/C(=C/C(=C)C(F)(F)F)C(C)C.CC.NI. The minimum atomic E-state index is -4.45. The summed E-state index contributed by atoms with van der Waals surface area (Å²) in [7, 11) is 0. The van der Waals surface area contributed by atoms with Crippen molar-refractivity contribution in [3.8, 4) is 0 Å². The molecule has 34 heavy (non-hydrogen) atoms. The van der Waals surface area contributed by atoms with Gasteiger partial charge in [0.15, 0.2) is 0 Å². The van der Waals surface area contributed by atoms with E-state index in [4.69, 9.17) is 0 Å². The Morgan fingerprint density at radius 3 is 2.44 bits per heavy atom. The van der Waals surface area contributed by atoms with Crippen molar-refractivity contribution in [1.82, 2.24) is 10.3 Å². The number of nitrogens with two attached hydrogens (primary N) is 1. The molecular weight excluding hydrogens is 552 g/mol. The highest BCUT2D eigenvalue weighted by atomic mass is 127. The molecule has 1 aliphatic carbocycles. The molecule has 0 aromatic carbocycles. The number of piperidine rings is 1. The second-order valence-corrected chi connectivity index (χ2v) is 8.38. The smallest absolute Gasteiger partial charge is 0.387 e. The third-order valence-electron chi connectivity index (χ3n) is 5.56. The van der Waals surface area contributed by atoms with Crippen molar-refractivity contribution in [2.45, 2.75) is 71.5 Å². The highest BCUT2D eigenvalue weighted by molar-refractivity contribution is 14.1. The van der Waals surface area contributed by atoms with E-state index in [0.29, 0.717) is 17.1 Å². The van der Waals surface area contributed by atoms with Crippen LogP contribution in [0.15, 0.2) is 66.1 Å². The predicted octanol–water partition coefficient (Wildman–Crippen LogP) is 7.59. The standard InChI is InChI=1S/C24H30F3N3.C2H6.H2IN/c1-15(2)20(14-17(4)24(25,26)27)16(3)13-22-21(8-6-11-28-22)30-23-19(18-9-10-18)7-5-12-29-23;2*1-2/h5,7,12-15,18,21,28H,3-4,6,8-11H2,1-2H3,(H,29,30);1-2H3;2H2/b20-14+,22-13-;;. The zero-order valence-electron chi connectivity index (χ0n) is 20.6. The van der Waals surface area contributed by atoms with E-state index in [0.717, 1.165) is 37.0 Å². The molecule has 190 valence electrons. The minimum absolute atomic E-state index is 0.0159. The Kier molecular flexibility index (Phi) is 12.9. The first-order valence-corrected chi connectivity index (χ1v) is 13.0. The average molecular weight is 591 g/mol. The second-order valence-electron chi connectivity index (χ2n) is 8.38. The van der Waals surface area contributed by atoms with Crippen molar-refractivity contribution in [2.24, 2.45) is 9.86 Å². The molecule has 1 saturated heterocycles. The van der Waals surface area contributed by atoms with Gasteiger partial charge in [0.05, 0.1) is 6.04 Å². The van der Waals surface area contributed by atoms with E-state index in [9.17, 15) is 13.2 Å². The maximum absolute atomic E-state index is 13.0. The van der Waals surface area contributed by atoms with Gasteiger partial charge in [0.2, 0.25) is 0 Å². The number of pyridine rings is 1. The molecule has 2 fully saturated rings. The lowest BCUT2D eigenvalue weighted by Gasteiger charge is -2.29. The van der Waals surface area contributed by atoms with Crippen LogP contribution in [0.2, 0.25) is 0 Å². The Morgan fingerprint density at radius 1 is 1.24 bits per heavy atom. The molecular formula is C26H38F3IN4. The number of hydrogen-bond donors (Lipinski definition) is 3. The Balaban J connectivity index is 0.00000137. The summed E-state index contributed by atoms with van der Waals surface area (Å²) in [5.41, 5.74) is 2.41. The summed E-state index contributed by atoms with van der Waals surface area (Å²) in [5.74, 6) is 1.36. The lowest BCUT2D eigenvalue weighted by Crippen LogP contribution is -2.37. The van der Waals surface area contributed by atoms with Gasteiger partial charge in [-0.25, -0.2) is 4.98 Å². The number of allylic oxidation sites excluding steroid dienone is 5. The van der Waals surface area contributed by atoms with E-state index >= 15 is 0 Å². The molecule has 2 aliphatic rings. The van der Waals surface area contributed by atoms with E-state index in [1.807, 2.05) is 39.8 Å². The molecule has 0 bridgehead atoms. The number of aromatic nitrogens is 1. The Labute approximate surface area is 216 Å². The van der Waals surface area contributed by atoms with E-state index < -0.39 is 11.7 Å². The first kappa shape index (κ1) is 30.2. The summed E-state index contributed by atoms with van der Waals surface area (Å²) in [5, 5.41) is 6.96. The summed E-state index contributed by atoms with van der Waals surface area (Å²) < 4.78 is 43.4. The van der Waals surface area contributed by atoms with Gasteiger partial charge in [-0.1, -0.05) is 46.9 Å². The Morgan fingerprint density at radius 2 is 1.88 bits per heavy atom. The number of nitrogens with zero attached hydrogens (tertiary/aromatic N) is 1. The monoisotopic (exact) mass is 590 g/mol. The van der Waals surface area contributed by atoms with Crippen molar-refractivity contribution >= 4 is 28.7 Å². The van der Waals surface area contributed by atoms with Gasteiger partial charge in [0.1, 0.15) is 5.82 Å². The van der Waals surface area contributed by atoms with Crippen molar-refractivity contribution in [1.29, 1.82) is 0 Å². The third kappa shape index (κ3) is 9.09. The average Bonchev–Trinajstić information content (AvgIpc) is 3.66. The van der Waals surface area contributed by atoms with Gasteiger partial charge in [0, 0.05) is 46.9 Å². The number of rotatable bonds is 7. The molecule has 3 rings (SSSR count). The van der Waals surface area contributed by atoms with Crippen molar-refractivity contribution < 1.29 is 13.2 Å². The molecule has 1 atom stereocenters. The van der Waals surface area contributed by atoms with Crippen LogP contribution in [0.5, 0.6) is 0 Å². The van der Waals surface area contributed by atoms with Crippen LogP contribution in [0.25, 0.3) is 0 Å². The highest BCUT2D eigenvalue weighted by Gasteiger charge is 2.31. The number of alkyl halides is 3. The van der Waals surface area contributed by atoms with E-state index in [-0.39, 0.29) is 12.0 Å². The first-order chi connectivity index (χ1) is 16.2. The number of hydrogen-bond acceptors (Lipinski definition) is 4. The maximum atomic E-state index is 13.0. The van der Waals surface area contributed by atoms with Crippen LogP contribution >= 0.6 is 22.9 Å². The quantitative estimate of drug-likeness (QED) is 0.174. The van der Waals surface area contributed by atoms with Crippen LogP contribution in [0.4, 0.5) is 19.0 Å². The molecule has 1 aromatic heterocycles. The van der Waals surface area contributed by atoms with Crippen LogP contribution in [-0.4, -0.2) is 23.7 Å². The fraction of sp³-hybridized carbons (Fsp3) is 0.500. The molecule has 0 radical (unpaired) electrons. The van der Waals surface area contributed by atoms with Gasteiger partial charge in [0.25, 0.3) is 0 Å². The first-order valence-electron chi connectivity index (χ1n) is 11.7. The lowest BCUT2D eigenvalue weighted by molar-refractivity contribution is -0.0878. The van der Waals surface area contributed by atoms with Crippen LogP contribution in [-0.2, 0) is 0 Å². The van der Waals surface area contributed by atoms with E-state index in [1.165, 1.54) is 18.4 Å². The molecule has 1 unspecified atom stereocenters. The van der Waals surface area contributed by atoms with Crippen LogP contribution in [0.3, 0.4) is 0 Å². The number of nitrogens with one attached hydrogen (secondary N) is 2. The van der Waals surface area contributed by atoms with Crippen molar-refractivity contribution in [3.63, 3.8) is 0 Å². The molecule has 1 saturated carbocycles. The maximum Gasteiger partial charge on any atom is 0.415 e. The molecule has 1 aromatic rings. The van der Waals surface area contributed by atoms with Gasteiger partial charge >= 0.3 is 6.18 Å². The van der Waals surface area contributed by atoms with Crippen molar-refractivity contribution in [3.05, 3.63) is 71.6 Å². The minimum Gasteiger partial charge on any atom is -0.387 e. The Bertz CT molecular complexity index is 871. The van der Waals surface area contributed by atoms with Crippen LogP contribution < -0.4 is 14.6 Å². The number of anilines is 1. The zero-order chi connectivity index (χ0) is 25.9. The van der Waals surface area contributed by atoms with Crippen LogP contribution in [0.1, 0.15) is 64.9 Å². The van der Waals surface area contributed by atoms with Gasteiger partial charge in [-0.05, 0) is 72.4 Å². The third-order valence-corrected chi connectivity index (χ3v) is 5.56. The van der Waals surface area contributed by atoms with Gasteiger partial charge in [-0.2, -0.15) is 13.2 Å². The largest absolute Gasteiger partial charge is 0.415 e. The fourth-order valence-electron chi connectivity index (χ4n) is 3.72. The molecule has 4 N–H and O–H groups in total. The molecule has 1 aliphatic heterocycles. The van der Waals surface area contributed by atoms with E-state index in [2.05, 4.69) is 38.8 Å². The fourth-order valence-corrected chi connectivity index (χ4v) is 3.72. The van der Waals surface area contributed by atoms with E-state index in [1.54, 1.807) is 29.1 Å². The number of halogens is 4. The molecule has 0 amide bonds. The summed E-state index contributed by atoms with van der Waals surface area (Å²) >= 11 is 1.65. The lowest BCUT2D eigenvalue weighted by atomic mass is 9.91. The predicted molar refractivity (Wildman–Crippen MR) is 146 cm³/mol. The summed E-state index contributed by atoms with van der Waals surface area (Å²) in [6, 6.07) is 4.10. The Hall–Kier alpha value is -1.81. The molecule has 2 heterocycles. The summed E-state index contributed by atoms with van der Waals surface area (Å²) in [6.45, 7) is 15.8. The van der Waals surface area contributed by atoms with Gasteiger partial charge in [-0.3, -0.25) is 3.95 Å². The van der Waals surface area contributed by atoms with Gasteiger partial charge < -0.3 is 10.6 Å². The second kappa shape index (κ2) is 14.6.